The summed E-state index contributed by atoms with van der Waals surface area (Å²) < 4.78 is 28.8. The Bertz CT molecular complexity index is 773. The van der Waals surface area contributed by atoms with Crippen molar-refractivity contribution in [3.63, 3.8) is 0 Å². The third-order valence-corrected chi connectivity index (χ3v) is 5.19. The highest BCUT2D eigenvalue weighted by atomic mass is 32.2. The Kier molecular flexibility index (Phi) is 11.7. The number of hydrogen-bond donors (Lipinski definition) is 3. The van der Waals surface area contributed by atoms with Gasteiger partial charge < -0.3 is 11.1 Å². The molecule has 0 atom stereocenters. The van der Waals surface area contributed by atoms with Crippen LogP contribution in [-0.2, 0) is 17.8 Å². The number of carbonyl (C=O) groups excluding carboxylic acids is 1. The second kappa shape index (κ2) is 13.4. The Morgan fingerprint density at radius 3 is 2.13 bits per heavy atom. The summed E-state index contributed by atoms with van der Waals surface area (Å²) in [7, 11) is 3.88. The molecule has 0 spiro atoms. The second-order valence-corrected chi connectivity index (χ2v) is 8.82. The number of halogens is 2. The molecule has 0 radical (unpaired) electrons. The zero-order valence-corrected chi connectivity index (χ0v) is 19.9. The summed E-state index contributed by atoms with van der Waals surface area (Å²) in [6.07, 6.45) is -2.57. The zero-order chi connectivity index (χ0) is 23.6. The van der Waals surface area contributed by atoms with Gasteiger partial charge in [0.05, 0.1) is 6.42 Å². The number of amides is 1. The molecule has 0 bridgehead atoms. The Morgan fingerprint density at radius 1 is 1.10 bits per heavy atom. The van der Waals surface area contributed by atoms with E-state index in [1.165, 1.54) is 16.5 Å². The Balaban J connectivity index is 0.000000343. The number of hydrogen-bond acceptors (Lipinski definition) is 5. The number of aromatic nitrogens is 1. The standard InChI is InChI=1S/C14H20F2N2O.C9H14N2S/c1-7(2)9-5-11(14(15)16)18-13(8(3)4)10(9)6-12(17)19;1-10-7-8-3-5-9(6-4-8)12-11-2/h5,7-8,14H,6H2,1-4H3,(H2,17,19);3-6,10-11H,7H2,1-2H3. The zero-order valence-electron chi connectivity index (χ0n) is 19.1. The van der Waals surface area contributed by atoms with Gasteiger partial charge in [-0.15, -0.1) is 0 Å². The number of primary amides is 1. The molecular formula is C23H34F2N4OS. The van der Waals surface area contributed by atoms with E-state index in [1.807, 2.05) is 41.8 Å². The van der Waals surface area contributed by atoms with Crippen molar-refractivity contribution < 1.29 is 13.6 Å². The largest absolute Gasteiger partial charge is 0.369 e. The van der Waals surface area contributed by atoms with E-state index in [0.717, 1.165) is 12.1 Å². The maximum absolute atomic E-state index is 12.9. The van der Waals surface area contributed by atoms with Gasteiger partial charge in [-0.2, -0.15) is 0 Å². The molecular weight excluding hydrogens is 418 g/mol. The Hall–Kier alpha value is -2.03. The van der Waals surface area contributed by atoms with Gasteiger partial charge in [0.2, 0.25) is 5.91 Å². The molecule has 1 amide bonds. The van der Waals surface area contributed by atoms with Gasteiger partial charge in [-0.3, -0.25) is 14.5 Å². The van der Waals surface area contributed by atoms with Gasteiger partial charge in [-0.05, 0) is 72.8 Å². The average molecular weight is 453 g/mol. The molecule has 0 unspecified atom stereocenters. The second-order valence-electron chi connectivity index (χ2n) is 7.73. The molecule has 2 rings (SSSR count). The van der Waals surface area contributed by atoms with Crippen LogP contribution >= 0.6 is 11.9 Å². The van der Waals surface area contributed by atoms with Crippen LogP contribution < -0.4 is 15.8 Å². The number of benzene rings is 1. The number of nitrogens with two attached hydrogens (primary N) is 1. The van der Waals surface area contributed by atoms with Gasteiger partial charge in [0.15, 0.2) is 0 Å². The van der Waals surface area contributed by atoms with Crippen molar-refractivity contribution in [2.45, 2.75) is 63.8 Å². The van der Waals surface area contributed by atoms with E-state index in [2.05, 4.69) is 39.3 Å². The fourth-order valence-electron chi connectivity index (χ4n) is 3.10. The van der Waals surface area contributed by atoms with E-state index < -0.39 is 12.3 Å². The molecule has 31 heavy (non-hydrogen) atoms. The molecule has 8 heteroatoms. The monoisotopic (exact) mass is 452 g/mol. The number of carbonyl (C=O) groups is 1. The SMILES string of the molecule is CC(C)c1cc(C(F)F)nc(C(C)C)c1CC(N)=O.CNCc1ccc(SNC)cc1. The van der Waals surface area contributed by atoms with E-state index in [9.17, 15) is 13.6 Å². The third kappa shape index (κ3) is 8.93. The molecule has 0 saturated heterocycles. The smallest absolute Gasteiger partial charge is 0.280 e. The van der Waals surface area contributed by atoms with Crippen molar-refractivity contribution >= 4 is 17.9 Å². The van der Waals surface area contributed by atoms with Crippen LogP contribution in [0.1, 0.15) is 74.0 Å². The number of alkyl halides is 2. The van der Waals surface area contributed by atoms with Crippen molar-refractivity contribution in [1.82, 2.24) is 15.0 Å². The van der Waals surface area contributed by atoms with Crippen LogP contribution in [0, 0.1) is 0 Å². The first-order chi connectivity index (χ1) is 14.6. The van der Waals surface area contributed by atoms with Crippen LogP contribution in [0.2, 0.25) is 0 Å². The molecule has 0 fully saturated rings. The Labute approximate surface area is 188 Å². The van der Waals surface area contributed by atoms with E-state index in [1.54, 1.807) is 11.9 Å². The third-order valence-electron chi connectivity index (χ3n) is 4.48. The predicted molar refractivity (Wildman–Crippen MR) is 124 cm³/mol. The number of pyridine rings is 1. The van der Waals surface area contributed by atoms with Crippen molar-refractivity contribution in [3.05, 3.63) is 58.4 Å². The maximum Gasteiger partial charge on any atom is 0.280 e. The van der Waals surface area contributed by atoms with E-state index in [0.29, 0.717) is 11.3 Å². The summed E-state index contributed by atoms with van der Waals surface area (Å²) in [6, 6.07) is 9.90. The minimum atomic E-state index is -2.61. The molecule has 0 saturated carbocycles. The highest BCUT2D eigenvalue weighted by Gasteiger charge is 2.21. The fourth-order valence-corrected chi connectivity index (χ4v) is 3.61. The summed E-state index contributed by atoms with van der Waals surface area (Å²) in [5.41, 5.74) is 8.30. The van der Waals surface area contributed by atoms with Gasteiger partial charge in [0.25, 0.3) is 6.43 Å². The first-order valence-electron chi connectivity index (χ1n) is 10.3. The Morgan fingerprint density at radius 2 is 1.71 bits per heavy atom. The number of nitrogens with one attached hydrogen (secondary N) is 2. The molecule has 2 aromatic rings. The maximum atomic E-state index is 12.9. The molecule has 0 aliphatic carbocycles. The number of rotatable bonds is 9. The first-order valence-corrected chi connectivity index (χ1v) is 11.1. The van der Waals surface area contributed by atoms with Gasteiger partial charge in [-0.25, -0.2) is 8.78 Å². The van der Waals surface area contributed by atoms with E-state index >= 15 is 0 Å². The topological polar surface area (TPSA) is 80.0 Å². The fraction of sp³-hybridized carbons (Fsp3) is 0.478. The van der Waals surface area contributed by atoms with Crippen molar-refractivity contribution in [2.24, 2.45) is 5.73 Å². The molecule has 0 aliphatic heterocycles. The summed E-state index contributed by atoms with van der Waals surface area (Å²) in [4.78, 5) is 16.4. The van der Waals surface area contributed by atoms with Crippen LogP contribution in [0.25, 0.3) is 0 Å². The van der Waals surface area contributed by atoms with Crippen LogP contribution in [0.15, 0.2) is 35.2 Å². The van der Waals surface area contributed by atoms with Gasteiger partial charge in [0, 0.05) is 17.1 Å². The van der Waals surface area contributed by atoms with Crippen molar-refractivity contribution in [1.29, 1.82) is 0 Å². The number of nitrogens with zero attached hydrogens (tertiary/aromatic N) is 1. The summed E-state index contributed by atoms with van der Waals surface area (Å²) in [6.45, 7) is 8.47. The van der Waals surface area contributed by atoms with Crippen molar-refractivity contribution in [2.75, 3.05) is 14.1 Å². The molecule has 1 heterocycles. The van der Waals surface area contributed by atoms with Crippen molar-refractivity contribution in [3.8, 4) is 0 Å². The molecule has 172 valence electrons. The van der Waals surface area contributed by atoms with Crippen LogP contribution in [0.4, 0.5) is 8.78 Å². The quantitative estimate of drug-likeness (QED) is 0.470. The first kappa shape index (κ1) is 27.0. The van der Waals surface area contributed by atoms with E-state index in [-0.39, 0.29) is 24.0 Å². The highest BCUT2D eigenvalue weighted by Crippen LogP contribution is 2.30. The molecule has 1 aromatic heterocycles. The normalized spacial score (nSPS) is 11.1. The minimum Gasteiger partial charge on any atom is -0.369 e. The van der Waals surface area contributed by atoms with Gasteiger partial charge in [0.1, 0.15) is 5.69 Å². The highest BCUT2D eigenvalue weighted by molar-refractivity contribution is 7.97. The average Bonchev–Trinajstić information content (AvgIpc) is 2.69. The lowest BCUT2D eigenvalue weighted by Crippen LogP contribution is -2.19. The summed E-state index contributed by atoms with van der Waals surface area (Å²) in [5.74, 6) is -0.478. The molecule has 1 aromatic carbocycles. The predicted octanol–water partition coefficient (Wildman–Crippen LogP) is 4.93. The molecule has 4 N–H and O–H groups in total. The lowest BCUT2D eigenvalue weighted by molar-refractivity contribution is -0.117. The summed E-state index contributed by atoms with van der Waals surface area (Å²) in [5, 5.41) is 3.11. The van der Waals surface area contributed by atoms with Crippen LogP contribution in [0.3, 0.4) is 0 Å². The lowest BCUT2D eigenvalue weighted by Gasteiger charge is -2.19. The lowest BCUT2D eigenvalue weighted by atomic mass is 9.90. The van der Waals surface area contributed by atoms with Gasteiger partial charge >= 0.3 is 0 Å². The van der Waals surface area contributed by atoms with Crippen LogP contribution in [-0.4, -0.2) is 25.0 Å². The summed E-state index contributed by atoms with van der Waals surface area (Å²) >= 11 is 1.63. The van der Waals surface area contributed by atoms with Crippen LogP contribution in [0.5, 0.6) is 0 Å². The molecule has 0 aliphatic rings. The van der Waals surface area contributed by atoms with Gasteiger partial charge in [-0.1, -0.05) is 39.8 Å². The molecule has 5 nitrogen and oxygen atoms in total. The minimum absolute atomic E-state index is 0.0346. The van der Waals surface area contributed by atoms with E-state index in [4.69, 9.17) is 5.73 Å².